The maximum atomic E-state index is 9.19. The predicted molar refractivity (Wildman–Crippen MR) is 94.0 cm³/mol. The Labute approximate surface area is 141 Å². The van der Waals surface area contributed by atoms with E-state index in [4.69, 9.17) is 10.5 Å². The largest absolute Gasteiger partial charge is 0.493 e. The molecule has 6 heteroatoms. The molecule has 0 fully saturated rings. The molecule has 1 aliphatic carbocycles. The van der Waals surface area contributed by atoms with Crippen LogP contribution in [0, 0.1) is 0 Å². The summed E-state index contributed by atoms with van der Waals surface area (Å²) < 4.78 is 5.97. The van der Waals surface area contributed by atoms with E-state index in [0.29, 0.717) is 12.3 Å². The van der Waals surface area contributed by atoms with Gasteiger partial charge in [0.15, 0.2) is 0 Å². The molecule has 1 atom stereocenters. The van der Waals surface area contributed by atoms with Gasteiger partial charge in [-0.1, -0.05) is 12.1 Å². The average molecular weight is 335 g/mol. The molecule has 3 N–H and O–H groups in total. The third kappa shape index (κ3) is 3.82. The number of ether oxygens (including phenoxy) is 1. The number of hydrogen-bond donors (Lipinski definition) is 2. The topological polar surface area (TPSA) is 80.7 Å². The van der Waals surface area contributed by atoms with Crippen molar-refractivity contribution in [3.8, 4) is 0 Å². The van der Waals surface area contributed by atoms with Crippen LogP contribution in [0.5, 0.6) is 0 Å². The number of rotatable bonds is 6. The van der Waals surface area contributed by atoms with Crippen molar-refractivity contribution in [2.45, 2.75) is 53.0 Å². The van der Waals surface area contributed by atoms with Crippen molar-refractivity contribution < 1.29 is 9.94 Å². The second kappa shape index (κ2) is 7.75. The first-order valence-corrected chi connectivity index (χ1v) is 8.74. The summed E-state index contributed by atoms with van der Waals surface area (Å²) in [7, 11) is 0. The number of oxime groups is 1. The van der Waals surface area contributed by atoms with Crippen molar-refractivity contribution in [3.05, 3.63) is 38.6 Å². The van der Waals surface area contributed by atoms with Crippen LogP contribution in [0.2, 0.25) is 0 Å². The summed E-state index contributed by atoms with van der Waals surface area (Å²) in [4.78, 5) is 5.66. The molecule has 0 spiro atoms. The van der Waals surface area contributed by atoms with Crippen LogP contribution >= 0.6 is 11.3 Å². The van der Waals surface area contributed by atoms with Crippen LogP contribution < -0.4 is 5.73 Å². The quantitative estimate of drug-likeness (QED) is 0.474. The first-order valence-electron chi connectivity index (χ1n) is 7.92. The Morgan fingerprint density at radius 2 is 2.09 bits per heavy atom. The Hall–Kier alpha value is -1.66. The summed E-state index contributed by atoms with van der Waals surface area (Å²) in [5, 5.41) is 13.7. The van der Waals surface area contributed by atoms with Crippen LogP contribution in [0.25, 0.3) is 0 Å². The molecule has 0 aliphatic heterocycles. The zero-order chi connectivity index (χ0) is 17.0. The summed E-state index contributed by atoms with van der Waals surface area (Å²) >= 11 is 1.77. The van der Waals surface area contributed by atoms with Crippen LogP contribution in [0.1, 0.15) is 44.0 Å². The van der Waals surface area contributed by atoms with Crippen molar-refractivity contribution >= 4 is 17.0 Å². The Bertz CT molecular complexity index is 657. The SMILES string of the molecule is CCc1ncc(CCCOC2=C(C)C(=NO)C(N)C(C)=C2C)s1. The minimum atomic E-state index is -0.364. The van der Waals surface area contributed by atoms with Gasteiger partial charge in [0.25, 0.3) is 0 Å². The third-order valence-corrected chi connectivity index (χ3v) is 5.44. The minimum Gasteiger partial charge on any atom is -0.493 e. The van der Waals surface area contributed by atoms with Gasteiger partial charge in [-0.25, -0.2) is 4.98 Å². The molecule has 126 valence electrons. The highest BCUT2D eigenvalue weighted by Gasteiger charge is 2.27. The molecule has 0 radical (unpaired) electrons. The molecule has 0 aromatic carbocycles. The van der Waals surface area contributed by atoms with Crippen molar-refractivity contribution in [1.82, 2.24) is 4.98 Å². The van der Waals surface area contributed by atoms with Crippen molar-refractivity contribution in [2.75, 3.05) is 6.61 Å². The first-order chi connectivity index (χ1) is 11.0. The lowest BCUT2D eigenvalue weighted by molar-refractivity contribution is 0.212. The molecule has 0 amide bonds. The van der Waals surface area contributed by atoms with Crippen molar-refractivity contribution in [1.29, 1.82) is 0 Å². The Morgan fingerprint density at radius 3 is 2.70 bits per heavy atom. The zero-order valence-electron chi connectivity index (χ0n) is 14.2. The summed E-state index contributed by atoms with van der Waals surface area (Å²) in [5.74, 6) is 0.788. The highest BCUT2D eigenvalue weighted by molar-refractivity contribution is 7.11. The van der Waals surface area contributed by atoms with E-state index < -0.39 is 0 Å². The molecule has 1 aliphatic rings. The van der Waals surface area contributed by atoms with E-state index in [2.05, 4.69) is 17.1 Å². The minimum absolute atomic E-state index is 0.364. The third-order valence-electron chi connectivity index (χ3n) is 4.24. The van der Waals surface area contributed by atoms with Crippen LogP contribution in [0.3, 0.4) is 0 Å². The number of hydrogen-bond acceptors (Lipinski definition) is 6. The van der Waals surface area contributed by atoms with Gasteiger partial charge >= 0.3 is 0 Å². The summed E-state index contributed by atoms with van der Waals surface area (Å²) in [6, 6.07) is -0.364. The average Bonchev–Trinajstić information content (AvgIpc) is 3.00. The molecule has 0 saturated heterocycles. The van der Waals surface area contributed by atoms with Gasteiger partial charge in [0.05, 0.1) is 17.7 Å². The molecule has 1 aromatic heterocycles. The second-order valence-corrected chi connectivity index (χ2v) is 6.95. The van der Waals surface area contributed by atoms with E-state index in [1.54, 1.807) is 11.3 Å². The number of allylic oxidation sites excluding steroid dienone is 1. The zero-order valence-corrected chi connectivity index (χ0v) is 15.0. The lowest BCUT2D eigenvalue weighted by atomic mass is 9.87. The number of nitrogens with two attached hydrogens (primary N) is 1. The van der Waals surface area contributed by atoms with E-state index in [1.165, 1.54) is 9.88 Å². The molecule has 0 saturated carbocycles. The lowest BCUT2D eigenvalue weighted by Gasteiger charge is -2.26. The number of aromatic nitrogens is 1. The fourth-order valence-electron chi connectivity index (χ4n) is 2.65. The van der Waals surface area contributed by atoms with E-state index in [1.807, 2.05) is 27.0 Å². The fraction of sp³-hybridized carbons (Fsp3) is 0.529. The van der Waals surface area contributed by atoms with Gasteiger partial charge in [0.1, 0.15) is 11.5 Å². The smallest absolute Gasteiger partial charge is 0.127 e. The molecule has 1 aromatic rings. The van der Waals surface area contributed by atoms with Gasteiger partial charge in [-0.3, -0.25) is 0 Å². The van der Waals surface area contributed by atoms with E-state index in [0.717, 1.165) is 41.7 Å². The monoisotopic (exact) mass is 335 g/mol. The van der Waals surface area contributed by atoms with E-state index in [-0.39, 0.29) is 6.04 Å². The van der Waals surface area contributed by atoms with Gasteiger partial charge in [-0.2, -0.15) is 0 Å². The summed E-state index contributed by atoms with van der Waals surface area (Å²) in [6.07, 6.45) is 4.83. The maximum Gasteiger partial charge on any atom is 0.127 e. The Kier molecular flexibility index (Phi) is 5.96. The predicted octanol–water partition coefficient (Wildman–Crippen LogP) is 3.44. The highest BCUT2D eigenvalue weighted by atomic mass is 32.1. The van der Waals surface area contributed by atoms with Gasteiger partial charge in [0, 0.05) is 16.6 Å². The van der Waals surface area contributed by atoms with Crippen LogP contribution in [0.15, 0.2) is 33.8 Å². The molecule has 0 bridgehead atoms. The Balaban J connectivity index is 1.97. The van der Waals surface area contributed by atoms with E-state index >= 15 is 0 Å². The molecular weight excluding hydrogens is 310 g/mol. The van der Waals surface area contributed by atoms with Crippen LogP contribution in [-0.2, 0) is 17.6 Å². The van der Waals surface area contributed by atoms with Crippen molar-refractivity contribution in [2.24, 2.45) is 10.9 Å². The highest BCUT2D eigenvalue weighted by Crippen LogP contribution is 2.29. The van der Waals surface area contributed by atoms with Gasteiger partial charge in [-0.15, -0.1) is 11.3 Å². The van der Waals surface area contributed by atoms with Crippen LogP contribution in [-0.4, -0.2) is 28.6 Å². The first kappa shape index (κ1) is 17.7. The number of nitrogens with zero attached hydrogens (tertiary/aromatic N) is 2. The van der Waals surface area contributed by atoms with Gasteiger partial charge < -0.3 is 15.7 Å². The lowest BCUT2D eigenvalue weighted by Crippen LogP contribution is -2.36. The molecule has 1 unspecified atom stereocenters. The second-order valence-electron chi connectivity index (χ2n) is 5.75. The summed E-state index contributed by atoms with van der Waals surface area (Å²) in [6.45, 7) is 8.57. The number of aryl methyl sites for hydroxylation is 2. The summed E-state index contributed by atoms with van der Waals surface area (Å²) in [5.41, 5.74) is 9.39. The molecule has 2 rings (SSSR count). The van der Waals surface area contributed by atoms with Crippen LogP contribution in [0.4, 0.5) is 0 Å². The maximum absolute atomic E-state index is 9.19. The van der Waals surface area contributed by atoms with E-state index in [9.17, 15) is 5.21 Å². The van der Waals surface area contributed by atoms with Gasteiger partial charge in [0.2, 0.25) is 0 Å². The van der Waals surface area contributed by atoms with Crippen molar-refractivity contribution in [3.63, 3.8) is 0 Å². The normalized spacial score (nSPS) is 20.6. The Morgan fingerprint density at radius 1 is 1.35 bits per heavy atom. The molecule has 5 nitrogen and oxygen atoms in total. The fourth-order valence-corrected chi connectivity index (χ4v) is 3.55. The van der Waals surface area contributed by atoms with Gasteiger partial charge in [-0.05, 0) is 51.2 Å². The standard InChI is InChI=1S/C17H25N3O2S/c1-5-14-19-9-13(23-14)7-6-8-22-17-11(3)10(2)15(18)16(20-21)12(17)4/h9,15,21H,5-8,18H2,1-4H3. The molecular formula is C17H25N3O2S. The molecule has 23 heavy (non-hydrogen) atoms. The number of thiazole rings is 1. The molecule has 1 heterocycles.